The highest BCUT2D eigenvalue weighted by Gasteiger charge is 2.26. The van der Waals surface area contributed by atoms with Crippen LogP contribution in [0.25, 0.3) is 10.9 Å². The molecule has 1 N–H and O–H groups in total. The molecule has 1 aliphatic rings. The first kappa shape index (κ1) is 19.8. The topological polar surface area (TPSA) is 99.8 Å². The van der Waals surface area contributed by atoms with E-state index in [-0.39, 0.29) is 17.4 Å². The van der Waals surface area contributed by atoms with Gasteiger partial charge in [-0.25, -0.2) is 4.79 Å². The molecule has 0 spiro atoms. The Bertz CT molecular complexity index is 1150. The number of thiophene rings is 1. The van der Waals surface area contributed by atoms with Gasteiger partial charge < -0.3 is 19.5 Å². The van der Waals surface area contributed by atoms with E-state index in [1.807, 2.05) is 11.4 Å². The number of ether oxygens (including phenoxy) is 1. The van der Waals surface area contributed by atoms with Crippen molar-refractivity contribution in [2.45, 2.75) is 0 Å². The number of para-hydroxylation sites is 1. The zero-order valence-electron chi connectivity index (χ0n) is 16.0. The largest absolute Gasteiger partial charge is 0.452 e. The second kappa shape index (κ2) is 8.50. The third-order valence-corrected chi connectivity index (χ3v) is 5.81. The number of carbonyl (C=O) groups excluding carboxylic acids is 3. The van der Waals surface area contributed by atoms with Crippen LogP contribution in [0.3, 0.4) is 0 Å². The van der Waals surface area contributed by atoms with Crippen molar-refractivity contribution in [1.82, 2.24) is 14.8 Å². The number of nitrogens with one attached hydrogen (secondary N) is 1. The van der Waals surface area contributed by atoms with E-state index in [0.29, 0.717) is 42.0 Å². The number of hydrogen-bond donors (Lipinski definition) is 1. The number of amides is 2. The van der Waals surface area contributed by atoms with E-state index in [1.54, 1.807) is 40.1 Å². The lowest BCUT2D eigenvalue weighted by Gasteiger charge is -2.34. The summed E-state index contributed by atoms with van der Waals surface area (Å²) in [5.41, 5.74) is 0.224. The van der Waals surface area contributed by atoms with Gasteiger partial charge in [-0.15, -0.1) is 11.3 Å². The number of esters is 1. The second-order valence-corrected chi connectivity index (χ2v) is 7.77. The van der Waals surface area contributed by atoms with Gasteiger partial charge in [-0.3, -0.25) is 14.4 Å². The standard InChI is InChI=1S/C21H19N3O5S/c25-18-12-15(14-4-1-2-5-16(14)22-18)21(28)29-13-19(26)23-7-9-24(10-8-23)20(27)17-6-3-11-30-17/h1-6,11-12H,7-10,13H2,(H,22,25). The fourth-order valence-electron chi connectivity index (χ4n) is 3.38. The molecule has 2 amide bonds. The smallest absolute Gasteiger partial charge is 0.339 e. The van der Waals surface area contributed by atoms with Crippen LogP contribution in [0.1, 0.15) is 20.0 Å². The van der Waals surface area contributed by atoms with Gasteiger partial charge in [-0.2, -0.15) is 0 Å². The third kappa shape index (κ3) is 4.11. The predicted octanol–water partition coefficient (Wildman–Crippen LogP) is 1.73. The van der Waals surface area contributed by atoms with Crippen LogP contribution in [0.4, 0.5) is 0 Å². The van der Waals surface area contributed by atoms with E-state index >= 15 is 0 Å². The first-order chi connectivity index (χ1) is 14.5. The van der Waals surface area contributed by atoms with Crippen molar-refractivity contribution < 1.29 is 19.1 Å². The number of carbonyl (C=O) groups is 3. The van der Waals surface area contributed by atoms with Crippen LogP contribution in [-0.2, 0) is 9.53 Å². The highest BCUT2D eigenvalue weighted by atomic mass is 32.1. The van der Waals surface area contributed by atoms with Crippen LogP contribution in [0, 0.1) is 0 Å². The fraction of sp³-hybridized carbons (Fsp3) is 0.238. The van der Waals surface area contributed by atoms with E-state index < -0.39 is 18.1 Å². The predicted molar refractivity (Wildman–Crippen MR) is 112 cm³/mol. The van der Waals surface area contributed by atoms with E-state index in [0.717, 1.165) is 0 Å². The van der Waals surface area contributed by atoms with Gasteiger partial charge in [0.1, 0.15) is 0 Å². The van der Waals surface area contributed by atoms with Crippen LogP contribution < -0.4 is 5.56 Å². The van der Waals surface area contributed by atoms with Crippen molar-refractivity contribution in [3.63, 3.8) is 0 Å². The molecule has 1 aromatic carbocycles. The summed E-state index contributed by atoms with van der Waals surface area (Å²) in [6.45, 7) is 1.19. The number of benzene rings is 1. The summed E-state index contributed by atoms with van der Waals surface area (Å²) < 4.78 is 5.18. The highest BCUT2D eigenvalue weighted by Crippen LogP contribution is 2.16. The van der Waals surface area contributed by atoms with Gasteiger partial charge >= 0.3 is 5.97 Å². The first-order valence-corrected chi connectivity index (χ1v) is 10.3. The van der Waals surface area contributed by atoms with Crippen molar-refractivity contribution in [1.29, 1.82) is 0 Å². The molecule has 3 heterocycles. The summed E-state index contributed by atoms with van der Waals surface area (Å²) in [4.78, 5) is 55.7. The Kier molecular flexibility index (Phi) is 5.62. The molecule has 1 saturated heterocycles. The van der Waals surface area contributed by atoms with Gasteiger partial charge in [0, 0.05) is 43.1 Å². The Labute approximate surface area is 175 Å². The Morgan fingerprint density at radius 2 is 1.73 bits per heavy atom. The van der Waals surface area contributed by atoms with Gasteiger partial charge in [-0.05, 0) is 17.5 Å². The molecular weight excluding hydrogens is 406 g/mol. The molecule has 154 valence electrons. The second-order valence-electron chi connectivity index (χ2n) is 6.82. The Morgan fingerprint density at radius 3 is 2.47 bits per heavy atom. The Hall–Kier alpha value is -3.46. The monoisotopic (exact) mass is 425 g/mol. The average Bonchev–Trinajstić information content (AvgIpc) is 3.31. The molecule has 0 bridgehead atoms. The van der Waals surface area contributed by atoms with Gasteiger partial charge in [0.25, 0.3) is 11.8 Å². The van der Waals surface area contributed by atoms with Crippen LogP contribution in [0.5, 0.6) is 0 Å². The van der Waals surface area contributed by atoms with Gasteiger partial charge in [0.05, 0.1) is 10.4 Å². The molecule has 1 fully saturated rings. The molecule has 8 nitrogen and oxygen atoms in total. The summed E-state index contributed by atoms with van der Waals surface area (Å²) in [6, 6.07) is 11.7. The van der Waals surface area contributed by atoms with Crippen molar-refractivity contribution in [2.24, 2.45) is 0 Å². The zero-order valence-corrected chi connectivity index (χ0v) is 16.8. The molecule has 30 heavy (non-hydrogen) atoms. The number of H-pyrrole nitrogens is 1. The van der Waals surface area contributed by atoms with Crippen LogP contribution in [0.15, 0.2) is 52.6 Å². The quantitative estimate of drug-likeness (QED) is 0.642. The molecule has 0 radical (unpaired) electrons. The van der Waals surface area contributed by atoms with Crippen molar-refractivity contribution in [2.75, 3.05) is 32.8 Å². The number of pyridine rings is 1. The van der Waals surface area contributed by atoms with E-state index in [4.69, 9.17) is 4.74 Å². The summed E-state index contributed by atoms with van der Waals surface area (Å²) >= 11 is 1.39. The van der Waals surface area contributed by atoms with E-state index in [2.05, 4.69) is 4.98 Å². The molecule has 2 aromatic heterocycles. The van der Waals surface area contributed by atoms with Gasteiger partial charge in [-0.1, -0.05) is 24.3 Å². The molecule has 0 atom stereocenters. The number of nitrogens with zero attached hydrogens (tertiary/aromatic N) is 2. The fourth-order valence-corrected chi connectivity index (χ4v) is 4.08. The third-order valence-electron chi connectivity index (χ3n) is 4.95. The molecule has 1 aliphatic heterocycles. The van der Waals surface area contributed by atoms with Gasteiger partial charge in [0.2, 0.25) is 5.56 Å². The minimum absolute atomic E-state index is 0.0373. The zero-order chi connectivity index (χ0) is 21.1. The van der Waals surface area contributed by atoms with Crippen molar-refractivity contribution >= 4 is 40.0 Å². The molecule has 0 saturated carbocycles. The average molecular weight is 425 g/mol. The maximum Gasteiger partial charge on any atom is 0.339 e. The van der Waals surface area contributed by atoms with E-state index in [1.165, 1.54) is 17.4 Å². The number of fused-ring (bicyclic) bond motifs is 1. The normalized spacial score (nSPS) is 14.0. The minimum atomic E-state index is -0.725. The Balaban J connectivity index is 1.34. The van der Waals surface area contributed by atoms with Crippen molar-refractivity contribution in [3.8, 4) is 0 Å². The maximum atomic E-state index is 12.5. The number of rotatable bonds is 4. The SMILES string of the molecule is O=C(OCC(=O)N1CCN(C(=O)c2cccs2)CC1)c1cc(=O)[nH]c2ccccc12. The summed E-state index contributed by atoms with van der Waals surface area (Å²) in [5.74, 6) is -1.09. The van der Waals surface area contributed by atoms with E-state index in [9.17, 15) is 19.2 Å². The first-order valence-electron chi connectivity index (χ1n) is 9.42. The lowest BCUT2D eigenvalue weighted by Crippen LogP contribution is -2.51. The Morgan fingerprint density at radius 1 is 1.00 bits per heavy atom. The summed E-state index contributed by atoms with van der Waals surface area (Å²) in [7, 11) is 0. The number of hydrogen-bond acceptors (Lipinski definition) is 6. The molecule has 0 aliphatic carbocycles. The number of aromatic amines is 1. The molecule has 0 unspecified atom stereocenters. The minimum Gasteiger partial charge on any atom is -0.452 e. The molecule has 3 aromatic rings. The van der Waals surface area contributed by atoms with Gasteiger partial charge in [0.15, 0.2) is 6.61 Å². The molecular formula is C21H19N3O5S. The van der Waals surface area contributed by atoms with Crippen molar-refractivity contribution in [3.05, 3.63) is 68.6 Å². The summed E-state index contributed by atoms with van der Waals surface area (Å²) in [5, 5.41) is 2.40. The van der Waals surface area contributed by atoms with Crippen LogP contribution >= 0.6 is 11.3 Å². The van der Waals surface area contributed by atoms with Crippen LogP contribution in [-0.4, -0.2) is 65.4 Å². The highest BCUT2D eigenvalue weighted by molar-refractivity contribution is 7.12. The summed E-state index contributed by atoms with van der Waals surface area (Å²) in [6.07, 6.45) is 0. The lowest BCUT2D eigenvalue weighted by atomic mass is 10.1. The molecule has 4 rings (SSSR count). The maximum absolute atomic E-state index is 12.5. The lowest BCUT2D eigenvalue weighted by molar-refractivity contribution is -0.136. The number of aromatic nitrogens is 1. The number of piperazine rings is 1. The van der Waals surface area contributed by atoms with Crippen LogP contribution in [0.2, 0.25) is 0 Å². The molecule has 9 heteroatoms.